The van der Waals surface area contributed by atoms with Gasteiger partial charge in [0.25, 0.3) is 10.2 Å². The van der Waals surface area contributed by atoms with E-state index >= 15 is 0 Å². The van der Waals surface area contributed by atoms with Gasteiger partial charge in [-0.2, -0.15) is 8.42 Å². The zero-order valence-corrected chi connectivity index (χ0v) is 10.00. The van der Waals surface area contributed by atoms with Gasteiger partial charge in [0.15, 0.2) is 0 Å². The van der Waals surface area contributed by atoms with Gasteiger partial charge in [-0.15, -0.1) is 0 Å². The van der Waals surface area contributed by atoms with Crippen molar-refractivity contribution in [2.45, 2.75) is 12.5 Å². The Bertz CT molecular complexity index is 405. The first-order valence-corrected chi connectivity index (χ1v) is 6.52. The molecule has 0 aromatic heterocycles. The lowest BCUT2D eigenvalue weighted by Crippen LogP contribution is -2.35. The van der Waals surface area contributed by atoms with E-state index < -0.39 is 10.2 Å². The van der Waals surface area contributed by atoms with Crippen LogP contribution < -0.4 is 15.2 Å². The number of rotatable bonds is 6. The average Bonchev–Trinajstić information content (AvgIpc) is 2.30. The lowest BCUT2D eigenvalue weighted by molar-refractivity contribution is 0.562. The molecule has 0 amide bonds. The fourth-order valence-corrected chi connectivity index (χ4v) is 1.82. The van der Waals surface area contributed by atoms with Crippen LogP contribution in [0, 0.1) is 0 Å². The molecule has 5 nitrogen and oxygen atoms in total. The summed E-state index contributed by atoms with van der Waals surface area (Å²) in [6, 6.07) is 9.44. The molecule has 0 saturated heterocycles. The summed E-state index contributed by atoms with van der Waals surface area (Å²) in [4.78, 5) is 0. The van der Waals surface area contributed by atoms with Gasteiger partial charge in [-0.3, -0.25) is 0 Å². The molecule has 1 unspecified atom stereocenters. The molecule has 16 heavy (non-hydrogen) atoms. The van der Waals surface area contributed by atoms with Gasteiger partial charge in [0, 0.05) is 19.6 Å². The Morgan fingerprint density at radius 3 is 2.50 bits per heavy atom. The Kier molecular flexibility index (Phi) is 4.88. The topological polar surface area (TPSA) is 84.2 Å². The molecular weight excluding hydrogens is 226 g/mol. The van der Waals surface area contributed by atoms with Crippen LogP contribution in [-0.4, -0.2) is 22.0 Å². The van der Waals surface area contributed by atoms with Crippen molar-refractivity contribution in [2.75, 3.05) is 13.6 Å². The maximum absolute atomic E-state index is 11.1. The van der Waals surface area contributed by atoms with E-state index in [2.05, 4.69) is 9.44 Å². The van der Waals surface area contributed by atoms with E-state index in [1.165, 1.54) is 7.05 Å². The van der Waals surface area contributed by atoms with Crippen LogP contribution in [0.5, 0.6) is 0 Å². The monoisotopic (exact) mass is 243 g/mol. The molecule has 4 N–H and O–H groups in total. The molecule has 0 bridgehead atoms. The predicted molar refractivity (Wildman–Crippen MR) is 64.0 cm³/mol. The van der Waals surface area contributed by atoms with Gasteiger partial charge in [0.1, 0.15) is 0 Å². The second-order valence-electron chi connectivity index (χ2n) is 3.41. The van der Waals surface area contributed by atoms with Crippen molar-refractivity contribution >= 4 is 10.2 Å². The first-order chi connectivity index (χ1) is 7.55. The van der Waals surface area contributed by atoms with Gasteiger partial charge in [-0.05, 0) is 12.0 Å². The lowest BCUT2D eigenvalue weighted by Gasteiger charge is -2.12. The third kappa shape index (κ3) is 4.28. The lowest BCUT2D eigenvalue weighted by atomic mass is 10.1. The van der Waals surface area contributed by atoms with E-state index in [1.807, 2.05) is 30.3 Å². The highest BCUT2D eigenvalue weighted by molar-refractivity contribution is 7.87. The number of benzene rings is 1. The standard InChI is InChI=1S/C10H17N3O2S/c1-12-16(14,15)13-8-7-10(11)9-5-3-2-4-6-9/h2-6,10,12-13H,7-8,11H2,1H3. The van der Waals surface area contributed by atoms with Crippen molar-refractivity contribution in [1.29, 1.82) is 0 Å². The molecule has 6 heteroatoms. The van der Waals surface area contributed by atoms with Gasteiger partial charge in [0.05, 0.1) is 0 Å². The molecule has 1 aromatic rings. The van der Waals surface area contributed by atoms with E-state index in [0.29, 0.717) is 13.0 Å². The van der Waals surface area contributed by atoms with Crippen molar-refractivity contribution < 1.29 is 8.42 Å². The number of hydrogen-bond donors (Lipinski definition) is 3. The first kappa shape index (κ1) is 13.1. The molecule has 90 valence electrons. The zero-order valence-electron chi connectivity index (χ0n) is 9.18. The summed E-state index contributed by atoms with van der Waals surface area (Å²) >= 11 is 0. The predicted octanol–water partition coefficient (Wildman–Crippen LogP) is 0.130. The number of hydrogen-bond acceptors (Lipinski definition) is 3. The minimum Gasteiger partial charge on any atom is -0.324 e. The molecule has 0 spiro atoms. The third-order valence-electron chi connectivity index (χ3n) is 2.24. The minimum absolute atomic E-state index is 0.152. The van der Waals surface area contributed by atoms with E-state index in [4.69, 9.17) is 5.73 Å². The molecule has 0 aliphatic heterocycles. The maximum atomic E-state index is 11.1. The highest BCUT2D eigenvalue weighted by atomic mass is 32.2. The summed E-state index contributed by atoms with van der Waals surface area (Å²) in [7, 11) is -1.99. The Hall–Kier alpha value is -0.950. The summed E-state index contributed by atoms with van der Waals surface area (Å²) in [5.41, 5.74) is 6.92. The van der Waals surface area contributed by atoms with Gasteiger partial charge < -0.3 is 5.73 Å². The van der Waals surface area contributed by atoms with Crippen LogP contribution in [0.2, 0.25) is 0 Å². The molecule has 1 atom stereocenters. The van der Waals surface area contributed by atoms with Gasteiger partial charge in [-0.1, -0.05) is 30.3 Å². The van der Waals surface area contributed by atoms with Crippen molar-refractivity contribution in [3.05, 3.63) is 35.9 Å². The molecule has 0 heterocycles. The Morgan fingerprint density at radius 1 is 1.31 bits per heavy atom. The summed E-state index contributed by atoms with van der Waals surface area (Å²) in [5.74, 6) is 0. The van der Waals surface area contributed by atoms with Crippen LogP contribution in [0.4, 0.5) is 0 Å². The molecule has 0 radical (unpaired) electrons. The van der Waals surface area contributed by atoms with Crippen LogP contribution in [0.25, 0.3) is 0 Å². The van der Waals surface area contributed by atoms with E-state index in [1.54, 1.807) is 0 Å². The fourth-order valence-electron chi connectivity index (χ4n) is 1.29. The fraction of sp³-hybridized carbons (Fsp3) is 0.400. The molecule has 0 saturated carbocycles. The van der Waals surface area contributed by atoms with E-state index in [-0.39, 0.29) is 6.04 Å². The molecule has 0 aliphatic carbocycles. The van der Waals surface area contributed by atoms with Crippen LogP contribution in [0.3, 0.4) is 0 Å². The van der Waals surface area contributed by atoms with Crippen LogP contribution in [0.1, 0.15) is 18.0 Å². The summed E-state index contributed by atoms with van der Waals surface area (Å²) in [6.07, 6.45) is 0.560. The summed E-state index contributed by atoms with van der Waals surface area (Å²) in [6.45, 7) is 0.319. The highest BCUT2D eigenvalue weighted by Crippen LogP contribution is 2.12. The normalized spacial score (nSPS) is 13.6. The van der Waals surface area contributed by atoms with Crippen LogP contribution in [-0.2, 0) is 10.2 Å². The third-order valence-corrected chi connectivity index (χ3v) is 3.37. The maximum Gasteiger partial charge on any atom is 0.276 e. The largest absolute Gasteiger partial charge is 0.324 e. The number of nitrogens with one attached hydrogen (secondary N) is 2. The molecule has 0 aliphatic rings. The van der Waals surface area contributed by atoms with Gasteiger partial charge in [-0.25, -0.2) is 9.44 Å². The second-order valence-corrected chi connectivity index (χ2v) is 5.11. The molecule has 1 aromatic carbocycles. The minimum atomic E-state index is -3.35. The second kappa shape index (κ2) is 5.95. The molecular formula is C10H17N3O2S. The Morgan fingerprint density at radius 2 is 1.94 bits per heavy atom. The average molecular weight is 243 g/mol. The highest BCUT2D eigenvalue weighted by Gasteiger charge is 2.08. The van der Waals surface area contributed by atoms with Crippen LogP contribution >= 0.6 is 0 Å². The Labute approximate surface area is 96.2 Å². The van der Waals surface area contributed by atoms with Crippen molar-refractivity contribution in [1.82, 2.24) is 9.44 Å². The van der Waals surface area contributed by atoms with E-state index in [0.717, 1.165) is 5.56 Å². The smallest absolute Gasteiger partial charge is 0.276 e. The van der Waals surface area contributed by atoms with Crippen molar-refractivity contribution in [2.24, 2.45) is 5.73 Å². The van der Waals surface area contributed by atoms with Crippen molar-refractivity contribution in [3.63, 3.8) is 0 Å². The number of nitrogens with two attached hydrogens (primary N) is 1. The van der Waals surface area contributed by atoms with Crippen LogP contribution in [0.15, 0.2) is 30.3 Å². The molecule has 0 fully saturated rings. The first-order valence-electron chi connectivity index (χ1n) is 5.04. The zero-order chi connectivity index (χ0) is 12.0. The van der Waals surface area contributed by atoms with Gasteiger partial charge >= 0.3 is 0 Å². The van der Waals surface area contributed by atoms with E-state index in [9.17, 15) is 8.42 Å². The Balaban J connectivity index is 2.40. The van der Waals surface area contributed by atoms with Gasteiger partial charge in [0.2, 0.25) is 0 Å². The SMILES string of the molecule is CNS(=O)(=O)NCCC(N)c1ccccc1. The summed E-state index contributed by atoms with van der Waals surface area (Å²) in [5, 5.41) is 0. The quantitative estimate of drug-likeness (QED) is 0.664. The molecule has 1 rings (SSSR count). The van der Waals surface area contributed by atoms with Crippen molar-refractivity contribution in [3.8, 4) is 0 Å². The summed E-state index contributed by atoms with van der Waals surface area (Å²) < 4.78 is 26.7.